The van der Waals surface area contributed by atoms with Gasteiger partial charge in [0.15, 0.2) is 0 Å². The molecule has 1 saturated carbocycles. The van der Waals surface area contributed by atoms with Crippen molar-refractivity contribution < 1.29 is 24.2 Å². The number of aryl methyl sites for hydroxylation is 1. The second kappa shape index (κ2) is 8.74. The Hall–Kier alpha value is -2.24. The maximum atomic E-state index is 12.4. The van der Waals surface area contributed by atoms with Crippen LogP contribution >= 0.6 is 0 Å². The van der Waals surface area contributed by atoms with Gasteiger partial charge in [0.2, 0.25) is 5.91 Å². The van der Waals surface area contributed by atoms with E-state index in [1.54, 1.807) is 13.2 Å². The molecule has 25 heavy (non-hydrogen) atoms. The van der Waals surface area contributed by atoms with Gasteiger partial charge in [0.1, 0.15) is 17.5 Å². The van der Waals surface area contributed by atoms with Crippen molar-refractivity contribution in [2.24, 2.45) is 5.92 Å². The fraction of sp³-hybridized carbons (Fsp3) is 0.579. The maximum Gasteiger partial charge on any atom is 0.326 e. The molecule has 0 spiro atoms. The van der Waals surface area contributed by atoms with E-state index >= 15 is 0 Å². The summed E-state index contributed by atoms with van der Waals surface area (Å²) in [5, 5.41) is 12.2. The SMILES string of the molecule is COc1cc(OC)c(CC(NC(=O)C2CCCCC2)C(=O)O)cc1C. The Morgan fingerprint density at radius 2 is 1.80 bits per heavy atom. The summed E-state index contributed by atoms with van der Waals surface area (Å²) < 4.78 is 10.6. The fourth-order valence-corrected chi connectivity index (χ4v) is 3.37. The van der Waals surface area contributed by atoms with Crippen molar-refractivity contribution in [3.8, 4) is 11.5 Å². The zero-order valence-electron chi connectivity index (χ0n) is 15.1. The minimum atomic E-state index is -1.04. The van der Waals surface area contributed by atoms with Gasteiger partial charge in [0.25, 0.3) is 0 Å². The third kappa shape index (κ3) is 4.87. The van der Waals surface area contributed by atoms with Gasteiger partial charge in [-0.05, 0) is 37.0 Å². The number of hydrogen-bond acceptors (Lipinski definition) is 4. The molecule has 0 aliphatic heterocycles. The summed E-state index contributed by atoms with van der Waals surface area (Å²) in [4.78, 5) is 24.0. The Morgan fingerprint density at radius 3 is 2.36 bits per heavy atom. The first-order valence-electron chi connectivity index (χ1n) is 8.71. The van der Waals surface area contributed by atoms with E-state index in [9.17, 15) is 14.7 Å². The van der Waals surface area contributed by atoms with Gasteiger partial charge in [-0.25, -0.2) is 4.79 Å². The number of hydrogen-bond donors (Lipinski definition) is 2. The van der Waals surface area contributed by atoms with Gasteiger partial charge < -0.3 is 19.9 Å². The van der Waals surface area contributed by atoms with Crippen molar-refractivity contribution >= 4 is 11.9 Å². The molecule has 1 amide bonds. The van der Waals surface area contributed by atoms with Gasteiger partial charge >= 0.3 is 5.97 Å². The van der Waals surface area contributed by atoms with Crippen LogP contribution in [0, 0.1) is 12.8 Å². The Kier molecular flexibility index (Phi) is 6.67. The molecule has 6 heteroatoms. The Balaban J connectivity index is 2.14. The highest BCUT2D eigenvalue weighted by atomic mass is 16.5. The second-order valence-electron chi connectivity index (χ2n) is 6.57. The predicted octanol–water partition coefficient (Wildman–Crippen LogP) is 2.70. The molecule has 2 rings (SSSR count). The van der Waals surface area contributed by atoms with E-state index in [1.165, 1.54) is 7.11 Å². The molecule has 0 saturated heterocycles. The lowest BCUT2D eigenvalue weighted by Crippen LogP contribution is -2.45. The largest absolute Gasteiger partial charge is 0.496 e. The number of carbonyl (C=O) groups is 2. The zero-order valence-corrected chi connectivity index (χ0v) is 15.1. The van der Waals surface area contributed by atoms with Crippen LogP contribution in [0.3, 0.4) is 0 Å². The molecule has 0 aromatic heterocycles. The lowest BCUT2D eigenvalue weighted by molar-refractivity contribution is -0.142. The van der Waals surface area contributed by atoms with E-state index in [-0.39, 0.29) is 18.2 Å². The molecule has 0 bridgehead atoms. The topological polar surface area (TPSA) is 84.9 Å². The van der Waals surface area contributed by atoms with E-state index < -0.39 is 12.0 Å². The van der Waals surface area contributed by atoms with E-state index in [1.807, 2.05) is 13.0 Å². The van der Waals surface area contributed by atoms with Gasteiger partial charge in [-0.1, -0.05) is 19.3 Å². The Labute approximate surface area is 148 Å². The van der Waals surface area contributed by atoms with Crippen LogP contribution in [0.1, 0.15) is 43.2 Å². The molecule has 1 unspecified atom stereocenters. The molecule has 2 N–H and O–H groups in total. The van der Waals surface area contributed by atoms with Gasteiger partial charge in [0.05, 0.1) is 14.2 Å². The molecule has 0 radical (unpaired) electrons. The first-order chi connectivity index (χ1) is 12.0. The molecular formula is C19H27NO5. The summed E-state index contributed by atoms with van der Waals surface area (Å²) in [5.41, 5.74) is 1.62. The van der Waals surface area contributed by atoms with Gasteiger partial charge in [-0.2, -0.15) is 0 Å². The van der Waals surface area contributed by atoms with Crippen molar-refractivity contribution in [1.82, 2.24) is 5.32 Å². The van der Waals surface area contributed by atoms with E-state index in [0.29, 0.717) is 11.5 Å². The summed E-state index contributed by atoms with van der Waals surface area (Å²) in [7, 11) is 3.11. The molecule has 138 valence electrons. The van der Waals surface area contributed by atoms with E-state index in [2.05, 4.69) is 5.32 Å². The van der Waals surface area contributed by atoms with Crippen LogP contribution in [-0.2, 0) is 16.0 Å². The average Bonchev–Trinajstić information content (AvgIpc) is 2.62. The van der Waals surface area contributed by atoms with Crippen molar-refractivity contribution in [3.63, 3.8) is 0 Å². The lowest BCUT2D eigenvalue weighted by atomic mass is 9.88. The minimum absolute atomic E-state index is 0.0740. The van der Waals surface area contributed by atoms with Gasteiger partial charge in [-0.3, -0.25) is 4.79 Å². The van der Waals surface area contributed by atoms with Crippen LogP contribution in [0.2, 0.25) is 0 Å². The average molecular weight is 349 g/mol. The van der Waals surface area contributed by atoms with E-state index in [4.69, 9.17) is 9.47 Å². The standard InChI is InChI=1S/C19H27NO5/c1-12-9-14(17(25-3)11-16(12)24-2)10-15(19(22)23)20-18(21)13-7-5-4-6-8-13/h9,11,13,15H,4-8,10H2,1-3H3,(H,20,21)(H,22,23). The van der Waals surface area contributed by atoms with Gasteiger partial charge in [-0.15, -0.1) is 0 Å². The monoisotopic (exact) mass is 349 g/mol. The number of ether oxygens (including phenoxy) is 2. The predicted molar refractivity (Wildman–Crippen MR) is 94.1 cm³/mol. The fourth-order valence-electron chi connectivity index (χ4n) is 3.37. The summed E-state index contributed by atoms with van der Waals surface area (Å²) >= 11 is 0. The van der Waals surface area contributed by atoms with Crippen LogP contribution < -0.4 is 14.8 Å². The molecule has 1 atom stereocenters. The molecule has 1 fully saturated rings. The number of methoxy groups -OCH3 is 2. The van der Waals surface area contributed by atoms with Crippen molar-refractivity contribution in [1.29, 1.82) is 0 Å². The maximum absolute atomic E-state index is 12.4. The zero-order chi connectivity index (χ0) is 18.4. The first-order valence-corrected chi connectivity index (χ1v) is 8.71. The molecule has 1 aromatic carbocycles. The molecule has 1 aromatic rings. The Bertz CT molecular complexity index is 622. The normalized spacial score (nSPS) is 16.1. The second-order valence-corrected chi connectivity index (χ2v) is 6.57. The van der Waals surface area contributed by atoms with Gasteiger partial charge in [0, 0.05) is 18.4 Å². The van der Waals surface area contributed by atoms with Crippen molar-refractivity contribution in [2.45, 2.75) is 51.5 Å². The Morgan fingerprint density at radius 1 is 1.16 bits per heavy atom. The van der Waals surface area contributed by atoms with E-state index in [0.717, 1.165) is 43.2 Å². The quantitative estimate of drug-likeness (QED) is 0.790. The summed E-state index contributed by atoms with van der Waals surface area (Å²) in [6, 6.07) is 2.61. The molecule has 1 aliphatic carbocycles. The van der Waals surface area contributed by atoms with Crippen molar-refractivity contribution in [2.75, 3.05) is 14.2 Å². The number of carboxylic acids is 1. The van der Waals surface area contributed by atoms with Crippen LogP contribution in [0.15, 0.2) is 12.1 Å². The molecule has 0 heterocycles. The highest BCUT2D eigenvalue weighted by Gasteiger charge is 2.27. The minimum Gasteiger partial charge on any atom is -0.496 e. The number of amides is 1. The highest BCUT2D eigenvalue weighted by molar-refractivity contribution is 5.85. The number of benzene rings is 1. The molecule has 1 aliphatic rings. The van der Waals surface area contributed by atoms with Crippen LogP contribution in [0.25, 0.3) is 0 Å². The highest BCUT2D eigenvalue weighted by Crippen LogP contribution is 2.30. The van der Waals surface area contributed by atoms with Crippen LogP contribution in [-0.4, -0.2) is 37.2 Å². The third-order valence-electron chi connectivity index (χ3n) is 4.81. The van der Waals surface area contributed by atoms with Crippen LogP contribution in [0.4, 0.5) is 0 Å². The number of aliphatic carboxylic acids is 1. The summed E-state index contributed by atoms with van der Waals surface area (Å²) in [6.07, 6.45) is 5.05. The number of carboxylic acid groups (broad SMARTS) is 1. The third-order valence-corrected chi connectivity index (χ3v) is 4.81. The summed E-state index contributed by atoms with van der Waals surface area (Å²) in [6.45, 7) is 1.89. The first kappa shape index (κ1) is 19.1. The van der Waals surface area contributed by atoms with Crippen molar-refractivity contribution in [3.05, 3.63) is 23.3 Å². The summed E-state index contributed by atoms with van der Waals surface area (Å²) in [5.74, 6) is -0.0367. The smallest absolute Gasteiger partial charge is 0.326 e. The molecule has 6 nitrogen and oxygen atoms in total. The molecular weight excluding hydrogens is 322 g/mol. The van der Waals surface area contributed by atoms with Crippen LogP contribution in [0.5, 0.6) is 11.5 Å². The number of rotatable bonds is 7. The number of carbonyl (C=O) groups excluding carboxylic acids is 1. The number of nitrogens with one attached hydrogen (secondary N) is 1. The lowest BCUT2D eigenvalue weighted by Gasteiger charge is -2.24.